The van der Waals surface area contributed by atoms with Crippen molar-refractivity contribution in [2.75, 3.05) is 19.6 Å². The van der Waals surface area contributed by atoms with Gasteiger partial charge in [0.05, 0.1) is 12.1 Å². The maximum absolute atomic E-state index is 14.1. The molecule has 3 rings (SSSR count). The number of carbonyl (C=O) groups excluding carboxylic acids is 3. The van der Waals surface area contributed by atoms with E-state index in [0.29, 0.717) is 43.5 Å². The largest absolute Gasteiger partial charge is 0.391 e. The van der Waals surface area contributed by atoms with Crippen molar-refractivity contribution in [2.24, 2.45) is 17.8 Å². The molecule has 1 aliphatic rings. The van der Waals surface area contributed by atoms with E-state index in [1.807, 2.05) is 20.8 Å². The van der Waals surface area contributed by atoms with Crippen LogP contribution in [0.1, 0.15) is 105 Å². The van der Waals surface area contributed by atoms with E-state index in [1.54, 1.807) is 23.1 Å². The van der Waals surface area contributed by atoms with Crippen molar-refractivity contribution in [3.05, 3.63) is 70.8 Å². The van der Waals surface area contributed by atoms with Crippen molar-refractivity contribution in [2.45, 2.75) is 97.6 Å². The van der Waals surface area contributed by atoms with Gasteiger partial charge in [0.15, 0.2) is 0 Å². The van der Waals surface area contributed by atoms with Crippen LogP contribution in [0.25, 0.3) is 0 Å². The van der Waals surface area contributed by atoms with Gasteiger partial charge in [-0.05, 0) is 92.7 Å². The van der Waals surface area contributed by atoms with Gasteiger partial charge >= 0.3 is 0 Å². The summed E-state index contributed by atoms with van der Waals surface area (Å²) < 4.78 is 28.1. The molecule has 7 nitrogen and oxygen atoms in total. The number of nitrogens with zero attached hydrogens (tertiary/aromatic N) is 1. The minimum atomic E-state index is -1.18. The number of halogens is 2. The highest BCUT2D eigenvalue weighted by atomic mass is 19.1. The summed E-state index contributed by atoms with van der Waals surface area (Å²) in [5.74, 6) is -1.71. The first-order valence-electron chi connectivity index (χ1n) is 16.6. The fraction of sp³-hybridized carbons (Fsp3) is 0.583. The Morgan fingerprint density at radius 2 is 1.56 bits per heavy atom. The highest BCUT2D eigenvalue weighted by Crippen LogP contribution is 2.28. The summed E-state index contributed by atoms with van der Waals surface area (Å²) in [4.78, 5) is 41.6. The van der Waals surface area contributed by atoms with Gasteiger partial charge in [-0.25, -0.2) is 8.78 Å². The third-order valence-corrected chi connectivity index (χ3v) is 8.89. The van der Waals surface area contributed by atoms with Crippen LogP contribution in [0.5, 0.6) is 0 Å². The van der Waals surface area contributed by atoms with Crippen molar-refractivity contribution in [1.82, 2.24) is 15.5 Å². The van der Waals surface area contributed by atoms with Gasteiger partial charge < -0.3 is 20.6 Å². The zero-order valence-electron chi connectivity index (χ0n) is 27.3. The predicted octanol–water partition coefficient (Wildman–Crippen LogP) is 6.29. The molecule has 3 atom stereocenters. The van der Waals surface area contributed by atoms with Crippen molar-refractivity contribution < 1.29 is 28.3 Å². The normalized spacial score (nSPS) is 18.5. The Balaban J connectivity index is 1.76. The fourth-order valence-electron chi connectivity index (χ4n) is 6.19. The Labute approximate surface area is 267 Å². The molecule has 3 N–H and O–H groups in total. The maximum atomic E-state index is 14.1. The van der Waals surface area contributed by atoms with E-state index in [1.165, 1.54) is 18.2 Å². The van der Waals surface area contributed by atoms with E-state index in [2.05, 4.69) is 17.6 Å². The highest BCUT2D eigenvalue weighted by molar-refractivity contribution is 5.99. The van der Waals surface area contributed by atoms with E-state index < -0.39 is 35.6 Å². The van der Waals surface area contributed by atoms with Gasteiger partial charge in [-0.3, -0.25) is 14.4 Å². The Morgan fingerprint density at radius 1 is 0.933 bits per heavy atom. The first kappa shape index (κ1) is 36.1. The molecule has 2 aromatic carbocycles. The number of carbonyl (C=O) groups is 3. The lowest BCUT2D eigenvalue weighted by molar-refractivity contribution is -0.126. The van der Waals surface area contributed by atoms with Crippen LogP contribution in [0.4, 0.5) is 8.78 Å². The molecule has 0 radical (unpaired) electrons. The van der Waals surface area contributed by atoms with Crippen molar-refractivity contribution >= 4 is 17.7 Å². The van der Waals surface area contributed by atoms with Crippen LogP contribution in [0.3, 0.4) is 0 Å². The van der Waals surface area contributed by atoms with Crippen LogP contribution in [0.15, 0.2) is 42.5 Å². The molecule has 0 aliphatic heterocycles. The van der Waals surface area contributed by atoms with Gasteiger partial charge in [-0.15, -0.1) is 0 Å². The summed E-state index contributed by atoms with van der Waals surface area (Å²) in [6, 6.07) is 8.55. The molecule has 1 fully saturated rings. The Bertz CT molecular complexity index is 1240. The third kappa shape index (κ3) is 11.2. The molecule has 9 heteroatoms. The fourth-order valence-corrected chi connectivity index (χ4v) is 6.19. The Kier molecular flexibility index (Phi) is 14.4. The second kappa shape index (κ2) is 18.0. The smallest absolute Gasteiger partial charge is 0.253 e. The van der Waals surface area contributed by atoms with Crippen LogP contribution in [0.2, 0.25) is 0 Å². The molecule has 0 bridgehead atoms. The minimum absolute atomic E-state index is 0.0563. The SMILES string of the molecule is CCCN(CCC)C(=O)c1cccc(C(=O)NC(Cc2cc(F)cc(F)c2)C(O)CC(CC)C(=O)NCC2CCC(C)CC2)c1. The number of amides is 3. The molecule has 0 spiro atoms. The van der Waals surface area contributed by atoms with Gasteiger partial charge in [0.25, 0.3) is 11.8 Å². The van der Waals surface area contributed by atoms with E-state index in [4.69, 9.17) is 0 Å². The van der Waals surface area contributed by atoms with Crippen molar-refractivity contribution in [3.63, 3.8) is 0 Å². The van der Waals surface area contributed by atoms with Gasteiger partial charge in [0.2, 0.25) is 5.91 Å². The number of benzene rings is 2. The zero-order valence-corrected chi connectivity index (χ0v) is 27.3. The maximum Gasteiger partial charge on any atom is 0.253 e. The summed E-state index contributed by atoms with van der Waals surface area (Å²) >= 11 is 0. The molecule has 3 unspecified atom stereocenters. The molecular formula is C36H51F2N3O4. The van der Waals surface area contributed by atoms with E-state index >= 15 is 0 Å². The molecule has 45 heavy (non-hydrogen) atoms. The predicted molar refractivity (Wildman–Crippen MR) is 173 cm³/mol. The molecule has 0 heterocycles. The first-order chi connectivity index (χ1) is 21.5. The van der Waals surface area contributed by atoms with Crippen LogP contribution in [-0.4, -0.2) is 59.5 Å². The van der Waals surface area contributed by atoms with E-state index in [0.717, 1.165) is 44.6 Å². The molecule has 0 saturated heterocycles. The standard InChI is InChI=1S/C36H51F2N3O4/c1-5-15-41(16-6-2)36(45)29-10-8-9-28(20-29)35(44)40-32(19-26-17-30(37)22-31(38)18-26)33(42)21-27(7-3)34(43)39-23-25-13-11-24(4)12-14-25/h8-10,17-18,20,22,24-25,27,32-33,42H,5-7,11-16,19,21,23H2,1-4H3,(H,39,43)(H,40,44). The number of hydrogen-bond donors (Lipinski definition) is 3. The van der Waals surface area contributed by atoms with E-state index in [-0.39, 0.29) is 35.8 Å². The van der Waals surface area contributed by atoms with E-state index in [9.17, 15) is 28.3 Å². The average molecular weight is 628 g/mol. The minimum Gasteiger partial charge on any atom is -0.391 e. The number of aliphatic hydroxyl groups excluding tert-OH is 1. The monoisotopic (exact) mass is 627 g/mol. The van der Waals surface area contributed by atoms with Gasteiger partial charge in [-0.2, -0.15) is 0 Å². The second-order valence-corrected chi connectivity index (χ2v) is 12.7. The Morgan fingerprint density at radius 3 is 2.16 bits per heavy atom. The van der Waals surface area contributed by atoms with Gasteiger partial charge in [0, 0.05) is 42.7 Å². The van der Waals surface area contributed by atoms with Gasteiger partial charge in [0.1, 0.15) is 11.6 Å². The lowest BCUT2D eigenvalue weighted by Gasteiger charge is -2.29. The highest BCUT2D eigenvalue weighted by Gasteiger charge is 2.29. The number of rotatable bonds is 16. The molecule has 2 aromatic rings. The molecule has 3 amide bonds. The lowest BCUT2D eigenvalue weighted by atomic mass is 9.83. The molecule has 0 aromatic heterocycles. The summed E-state index contributed by atoms with van der Waals surface area (Å²) in [7, 11) is 0. The van der Waals surface area contributed by atoms with Crippen LogP contribution in [0, 0.1) is 29.4 Å². The first-order valence-corrected chi connectivity index (χ1v) is 16.6. The average Bonchev–Trinajstić information content (AvgIpc) is 3.01. The lowest BCUT2D eigenvalue weighted by Crippen LogP contribution is -2.47. The number of hydrogen-bond acceptors (Lipinski definition) is 4. The summed E-state index contributed by atoms with van der Waals surface area (Å²) in [5.41, 5.74) is 0.867. The topological polar surface area (TPSA) is 98.7 Å². The van der Waals surface area contributed by atoms with Crippen molar-refractivity contribution in [1.29, 1.82) is 0 Å². The number of nitrogens with one attached hydrogen (secondary N) is 2. The summed E-state index contributed by atoms with van der Waals surface area (Å²) in [6.07, 6.45) is 5.41. The number of aliphatic hydroxyl groups is 1. The molecule has 1 aliphatic carbocycles. The Hall–Kier alpha value is -3.33. The quantitative estimate of drug-likeness (QED) is 0.204. The zero-order chi connectivity index (χ0) is 32.9. The molecular weight excluding hydrogens is 576 g/mol. The molecule has 248 valence electrons. The van der Waals surface area contributed by atoms with Crippen LogP contribution < -0.4 is 10.6 Å². The van der Waals surface area contributed by atoms with Crippen LogP contribution >= 0.6 is 0 Å². The summed E-state index contributed by atoms with van der Waals surface area (Å²) in [5, 5.41) is 17.3. The third-order valence-electron chi connectivity index (χ3n) is 8.89. The molecule has 1 saturated carbocycles. The van der Waals surface area contributed by atoms with Crippen molar-refractivity contribution in [3.8, 4) is 0 Å². The van der Waals surface area contributed by atoms with Crippen LogP contribution in [-0.2, 0) is 11.2 Å². The second-order valence-electron chi connectivity index (χ2n) is 12.7. The summed E-state index contributed by atoms with van der Waals surface area (Å²) in [6.45, 7) is 9.93. The van der Waals surface area contributed by atoms with Gasteiger partial charge in [-0.1, -0.05) is 46.6 Å².